The molecule has 2 aromatic rings. The molecule has 1 nitrogen and oxygen atoms in total. The maximum absolute atomic E-state index is 4.41. The van der Waals surface area contributed by atoms with Crippen LogP contribution in [0.25, 0.3) is 10.8 Å². The molecule has 0 amide bonds. The molecule has 1 aromatic carbocycles. The second-order valence-corrected chi connectivity index (χ2v) is 5.13. The first-order valence-corrected chi connectivity index (χ1v) is 5.65. The quantitative estimate of drug-likeness (QED) is 0.690. The number of pyridine rings is 1. The van der Waals surface area contributed by atoms with Crippen LogP contribution in [-0.2, 0) is 0 Å². The average Bonchev–Trinajstić information content (AvgIpc) is 2.17. The van der Waals surface area contributed by atoms with Crippen LogP contribution < -0.4 is 0 Å². The Labute approximate surface area is 88.6 Å². The molecule has 1 heterocycles. The van der Waals surface area contributed by atoms with Gasteiger partial charge in [0.1, 0.15) is 0 Å². The third kappa shape index (κ3) is 2.07. The van der Waals surface area contributed by atoms with Crippen molar-refractivity contribution >= 4 is 22.5 Å². The van der Waals surface area contributed by atoms with E-state index >= 15 is 0 Å². The van der Waals surface area contributed by atoms with E-state index in [2.05, 4.69) is 43.1 Å². The summed E-state index contributed by atoms with van der Waals surface area (Å²) in [5.41, 5.74) is 0. The highest BCUT2D eigenvalue weighted by Gasteiger charge is 2.00. The van der Waals surface area contributed by atoms with Gasteiger partial charge in [-0.15, -0.1) is 11.8 Å². The molecule has 0 aliphatic rings. The van der Waals surface area contributed by atoms with Crippen LogP contribution in [0.5, 0.6) is 0 Å². The summed E-state index contributed by atoms with van der Waals surface area (Å²) in [6.45, 7) is 4.36. The number of thioether (sulfide) groups is 1. The van der Waals surface area contributed by atoms with E-state index in [0.717, 1.165) is 5.03 Å². The Morgan fingerprint density at radius 1 is 1.14 bits per heavy atom. The molecule has 72 valence electrons. The molecule has 0 radical (unpaired) electrons. The predicted octanol–water partition coefficient (Wildman–Crippen LogP) is 3.74. The molecule has 0 spiro atoms. The molecule has 0 aliphatic carbocycles. The van der Waals surface area contributed by atoms with Gasteiger partial charge in [0.15, 0.2) is 0 Å². The van der Waals surface area contributed by atoms with Crippen LogP contribution in [0.1, 0.15) is 13.8 Å². The number of rotatable bonds is 2. The summed E-state index contributed by atoms with van der Waals surface area (Å²) in [5, 5.41) is 4.17. The second-order valence-electron chi connectivity index (χ2n) is 3.54. The number of fused-ring (bicyclic) bond motifs is 1. The van der Waals surface area contributed by atoms with Crippen LogP contribution in [0.4, 0.5) is 0 Å². The van der Waals surface area contributed by atoms with Crippen molar-refractivity contribution in [1.82, 2.24) is 4.98 Å². The van der Waals surface area contributed by atoms with Crippen molar-refractivity contribution in [3.05, 3.63) is 36.5 Å². The number of hydrogen-bond acceptors (Lipinski definition) is 2. The molecule has 2 rings (SSSR count). The van der Waals surface area contributed by atoms with Crippen LogP contribution >= 0.6 is 11.8 Å². The SMILES string of the molecule is CC(C)Sc1cc2ccccc2cn1. The average molecular weight is 203 g/mol. The fourth-order valence-electron chi connectivity index (χ4n) is 1.37. The molecule has 0 saturated heterocycles. The van der Waals surface area contributed by atoms with Crippen LogP contribution in [0, 0.1) is 0 Å². The van der Waals surface area contributed by atoms with Crippen molar-refractivity contribution in [2.75, 3.05) is 0 Å². The van der Waals surface area contributed by atoms with E-state index in [1.807, 2.05) is 12.3 Å². The van der Waals surface area contributed by atoms with E-state index in [9.17, 15) is 0 Å². The highest BCUT2D eigenvalue weighted by Crippen LogP contribution is 2.23. The van der Waals surface area contributed by atoms with Crippen molar-refractivity contribution < 1.29 is 0 Å². The van der Waals surface area contributed by atoms with Gasteiger partial charge in [0.05, 0.1) is 5.03 Å². The van der Waals surface area contributed by atoms with Gasteiger partial charge >= 0.3 is 0 Å². The van der Waals surface area contributed by atoms with Crippen LogP contribution in [-0.4, -0.2) is 10.2 Å². The summed E-state index contributed by atoms with van der Waals surface area (Å²) in [6, 6.07) is 10.5. The lowest BCUT2D eigenvalue weighted by Crippen LogP contribution is -1.88. The molecule has 0 unspecified atom stereocenters. The minimum Gasteiger partial charge on any atom is -0.249 e. The molecule has 0 N–H and O–H groups in total. The van der Waals surface area contributed by atoms with Crippen molar-refractivity contribution in [2.45, 2.75) is 24.1 Å². The van der Waals surface area contributed by atoms with Gasteiger partial charge in [-0.3, -0.25) is 0 Å². The van der Waals surface area contributed by atoms with Gasteiger partial charge < -0.3 is 0 Å². The lowest BCUT2D eigenvalue weighted by molar-refractivity contribution is 1.08. The fourth-order valence-corrected chi connectivity index (χ4v) is 2.16. The Balaban J connectivity index is 2.41. The smallest absolute Gasteiger partial charge is 0.0968 e. The third-order valence-corrected chi connectivity index (χ3v) is 2.90. The predicted molar refractivity (Wildman–Crippen MR) is 62.7 cm³/mol. The summed E-state index contributed by atoms with van der Waals surface area (Å²) in [4.78, 5) is 4.41. The van der Waals surface area contributed by atoms with E-state index < -0.39 is 0 Å². The van der Waals surface area contributed by atoms with E-state index in [1.165, 1.54) is 10.8 Å². The fraction of sp³-hybridized carbons (Fsp3) is 0.250. The molecule has 0 aliphatic heterocycles. The monoisotopic (exact) mass is 203 g/mol. The highest BCUT2D eigenvalue weighted by atomic mass is 32.2. The summed E-state index contributed by atoms with van der Waals surface area (Å²) in [6.07, 6.45) is 1.94. The first-order valence-electron chi connectivity index (χ1n) is 4.77. The third-order valence-electron chi connectivity index (χ3n) is 1.96. The van der Waals surface area contributed by atoms with E-state index in [1.54, 1.807) is 11.8 Å². The zero-order chi connectivity index (χ0) is 9.97. The Morgan fingerprint density at radius 3 is 2.57 bits per heavy atom. The molecule has 14 heavy (non-hydrogen) atoms. The number of hydrogen-bond donors (Lipinski definition) is 0. The highest BCUT2D eigenvalue weighted by molar-refractivity contribution is 7.99. The maximum atomic E-state index is 4.41. The number of aromatic nitrogens is 1. The Hall–Kier alpha value is -1.02. The van der Waals surface area contributed by atoms with Crippen molar-refractivity contribution in [2.24, 2.45) is 0 Å². The maximum Gasteiger partial charge on any atom is 0.0968 e. The van der Waals surface area contributed by atoms with Gasteiger partial charge in [-0.05, 0) is 11.5 Å². The van der Waals surface area contributed by atoms with Gasteiger partial charge in [-0.1, -0.05) is 38.1 Å². The first-order chi connectivity index (χ1) is 6.75. The molecule has 0 fully saturated rings. The molecule has 0 atom stereocenters. The van der Waals surface area contributed by atoms with Gasteiger partial charge in [0, 0.05) is 16.8 Å². The van der Waals surface area contributed by atoms with Gasteiger partial charge in [0.2, 0.25) is 0 Å². The molecule has 2 heteroatoms. The lowest BCUT2D eigenvalue weighted by atomic mass is 10.2. The Morgan fingerprint density at radius 2 is 1.86 bits per heavy atom. The van der Waals surface area contributed by atoms with Crippen molar-refractivity contribution in [3.63, 3.8) is 0 Å². The van der Waals surface area contributed by atoms with E-state index in [0.29, 0.717) is 5.25 Å². The van der Waals surface area contributed by atoms with Crippen LogP contribution in [0.2, 0.25) is 0 Å². The summed E-state index contributed by atoms with van der Waals surface area (Å²) < 4.78 is 0. The van der Waals surface area contributed by atoms with Gasteiger partial charge in [-0.25, -0.2) is 4.98 Å². The Bertz CT molecular complexity index is 437. The summed E-state index contributed by atoms with van der Waals surface area (Å²) >= 11 is 1.80. The van der Waals surface area contributed by atoms with Gasteiger partial charge in [0.25, 0.3) is 0 Å². The van der Waals surface area contributed by atoms with Gasteiger partial charge in [-0.2, -0.15) is 0 Å². The second kappa shape index (κ2) is 4.01. The summed E-state index contributed by atoms with van der Waals surface area (Å²) in [7, 11) is 0. The Kier molecular flexibility index (Phi) is 2.73. The van der Waals surface area contributed by atoms with Crippen molar-refractivity contribution in [3.8, 4) is 0 Å². The topological polar surface area (TPSA) is 12.9 Å². The zero-order valence-corrected chi connectivity index (χ0v) is 9.21. The normalized spacial score (nSPS) is 11.1. The van der Waals surface area contributed by atoms with Crippen LogP contribution in [0.3, 0.4) is 0 Å². The first kappa shape index (κ1) is 9.53. The zero-order valence-electron chi connectivity index (χ0n) is 8.40. The van der Waals surface area contributed by atoms with Crippen molar-refractivity contribution in [1.29, 1.82) is 0 Å². The molecule has 1 aromatic heterocycles. The van der Waals surface area contributed by atoms with E-state index in [4.69, 9.17) is 0 Å². The number of nitrogens with zero attached hydrogens (tertiary/aromatic N) is 1. The largest absolute Gasteiger partial charge is 0.249 e. The molecule has 0 bridgehead atoms. The van der Waals surface area contributed by atoms with E-state index in [-0.39, 0.29) is 0 Å². The lowest BCUT2D eigenvalue weighted by Gasteiger charge is -2.04. The molecular formula is C12H13NS. The minimum atomic E-state index is 0.587. The van der Waals surface area contributed by atoms with Crippen LogP contribution in [0.15, 0.2) is 41.6 Å². The minimum absolute atomic E-state index is 0.587. The summed E-state index contributed by atoms with van der Waals surface area (Å²) in [5.74, 6) is 0. The standard InChI is InChI=1S/C12H13NS/c1-9(2)14-12-7-10-5-3-4-6-11(10)8-13-12/h3-9H,1-2H3. The molecule has 0 saturated carbocycles. The molecular weight excluding hydrogens is 190 g/mol. The number of benzene rings is 1.